The van der Waals surface area contributed by atoms with Gasteiger partial charge in [0.05, 0.1) is 32.3 Å². The Morgan fingerprint density at radius 3 is 2.62 bits per heavy atom. The molecular weight excluding hydrogens is 326 g/mol. The van der Waals surface area contributed by atoms with Crippen LogP contribution in [0.5, 0.6) is 0 Å². The Bertz CT molecular complexity index is 678. The summed E-state index contributed by atoms with van der Waals surface area (Å²) in [5.41, 5.74) is 3.21. The summed E-state index contributed by atoms with van der Waals surface area (Å²) in [6.07, 6.45) is 2.72. The van der Waals surface area contributed by atoms with Crippen LogP contribution >= 0.6 is 0 Å². The van der Waals surface area contributed by atoms with Crippen LogP contribution in [0.25, 0.3) is 0 Å². The molecule has 1 heterocycles. The highest BCUT2D eigenvalue weighted by Crippen LogP contribution is 2.19. The van der Waals surface area contributed by atoms with E-state index in [4.69, 9.17) is 9.47 Å². The van der Waals surface area contributed by atoms with Gasteiger partial charge in [-0.15, -0.1) is 0 Å². The number of carbonyl (C=O) groups is 1. The van der Waals surface area contributed by atoms with Gasteiger partial charge in [-0.1, -0.05) is 48.0 Å². The molecule has 1 aliphatic rings. The fourth-order valence-electron chi connectivity index (χ4n) is 3.10. The van der Waals surface area contributed by atoms with E-state index >= 15 is 0 Å². The molecular formula is C22H27NO3. The van der Waals surface area contributed by atoms with Crippen molar-refractivity contribution in [1.82, 2.24) is 0 Å². The van der Waals surface area contributed by atoms with E-state index in [0.29, 0.717) is 26.2 Å². The van der Waals surface area contributed by atoms with E-state index in [1.54, 1.807) is 0 Å². The second kappa shape index (κ2) is 9.51. The normalized spacial score (nSPS) is 16.6. The minimum absolute atomic E-state index is 0.0741. The molecule has 0 saturated carbocycles. The first kappa shape index (κ1) is 18.6. The third-order valence-corrected chi connectivity index (χ3v) is 4.62. The van der Waals surface area contributed by atoms with E-state index in [0.717, 1.165) is 30.7 Å². The molecule has 4 heteroatoms. The number of anilines is 1. The predicted molar refractivity (Wildman–Crippen MR) is 103 cm³/mol. The molecule has 1 atom stereocenters. The lowest BCUT2D eigenvalue weighted by Crippen LogP contribution is -2.31. The maximum atomic E-state index is 12.8. The molecule has 1 saturated heterocycles. The average molecular weight is 353 g/mol. The summed E-state index contributed by atoms with van der Waals surface area (Å²) in [5.74, 6) is 0.0741. The van der Waals surface area contributed by atoms with Crippen LogP contribution in [0.2, 0.25) is 0 Å². The number of hydrogen-bond acceptors (Lipinski definition) is 3. The zero-order chi connectivity index (χ0) is 18.2. The maximum Gasteiger partial charge on any atom is 0.229 e. The molecule has 1 fully saturated rings. The van der Waals surface area contributed by atoms with Crippen molar-refractivity contribution in [2.75, 3.05) is 24.7 Å². The molecule has 0 bridgehead atoms. The Kier molecular flexibility index (Phi) is 6.81. The summed E-state index contributed by atoms with van der Waals surface area (Å²) in [5, 5.41) is 0. The Morgan fingerprint density at radius 2 is 1.92 bits per heavy atom. The van der Waals surface area contributed by atoms with Crippen molar-refractivity contribution in [1.29, 1.82) is 0 Å². The lowest BCUT2D eigenvalue weighted by Gasteiger charge is -2.23. The first-order valence-electron chi connectivity index (χ1n) is 9.32. The van der Waals surface area contributed by atoms with E-state index < -0.39 is 0 Å². The molecule has 138 valence electrons. The van der Waals surface area contributed by atoms with E-state index in [1.165, 1.54) is 5.56 Å². The Morgan fingerprint density at radius 1 is 1.15 bits per heavy atom. The molecule has 0 aromatic heterocycles. The fraction of sp³-hybridized carbons (Fsp3) is 0.409. The summed E-state index contributed by atoms with van der Waals surface area (Å²) < 4.78 is 11.2. The van der Waals surface area contributed by atoms with E-state index in [9.17, 15) is 4.79 Å². The second-order valence-electron chi connectivity index (χ2n) is 6.76. The monoisotopic (exact) mass is 353 g/mol. The van der Waals surface area contributed by atoms with Gasteiger partial charge in [0.1, 0.15) is 0 Å². The minimum Gasteiger partial charge on any atom is -0.378 e. The number of nitrogens with zero attached hydrogens (tertiary/aromatic N) is 1. The van der Waals surface area contributed by atoms with Crippen LogP contribution in [0.4, 0.5) is 5.69 Å². The summed E-state index contributed by atoms with van der Waals surface area (Å²) in [6.45, 7) is 4.44. The molecule has 1 aliphatic heterocycles. The minimum atomic E-state index is 0.0741. The zero-order valence-corrected chi connectivity index (χ0v) is 15.4. The highest BCUT2D eigenvalue weighted by Gasteiger charge is 2.18. The number of aryl methyl sites for hydroxylation is 1. The highest BCUT2D eigenvalue weighted by molar-refractivity contribution is 5.93. The standard InChI is InChI=1S/C22H27NO3/c1-18-9-11-20(12-10-18)23(16-19-6-3-2-4-7-19)22(24)13-15-25-17-21-8-5-14-26-21/h2-4,6-7,9-12,21H,5,8,13-17H2,1H3. The molecule has 4 nitrogen and oxygen atoms in total. The molecule has 0 N–H and O–H groups in total. The smallest absolute Gasteiger partial charge is 0.229 e. The third kappa shape index (κ3) is 5.41. The lowest BCUT2D eigenvalue weighted by molar-refractivity contribution is -0.120. The van der Waals surface area contributed by atoms with Crippen molar-refractivity contribution in [3.63, 3.8) is 0 Å². The van der Waals surface area contributed by atoms with Crippen molar-refractivity contribution in [3.8, 4) is 0 Å². The second-order valence-corrected chi connectivity index (χ2v) is 6.76. The van der Waals surface area contributed by atoms with Gasteiger partial charge in [-0.05, 0) is 37.5 Å². The summed E-state index contributed by atoms with van der Waals surface area (Å²) in [6, 6.07) is 18.1. The van der Waals surface area contributed by atoms with Gasteiger partial charge in [0, 0.05) is 12.3 Å². The molecule has 26 heavy (non-hydrogen) atoms. The van der Waals surface area contributed by atoms with Crippen LogP contribution in [0.15, 0.2) is 54.6 Å². The van der Waals surface area contributed by atoms with E-state index in [1.807, 2.05) is 66.4 Å². The average Bonchev–Trinajstić information content (AvgIpc) is 3.18. The fourth-order valence-corrected chi connectivity index (χ4v) is 3.10. The molecule has 0 radical (unpaired) electrons. The molecule has 1 unspecified atom stereocenters. The van der Waals surface area contributed by atoms with Gasteiger partial charge < -0.3 is 14.4 Å². The SMILES string of the molecule is Cc1ccc(N(Cc2ccccc2)C(=O)CCOCC2CCCO2)cc1. The number of rotatable bonds is 8. The number of benzene rings is 2. The van der Waals surface area contributed by atoms with Crippen molar-refractivity contribution in [3.05, 3.63) is 65.7 Å². The molecule has 0 aliphatic carbocycles. The van der Waals surface area contributed by atoms with Crippen LogP contribution < -0.4 is 4.90 Å². The topological polar surface area (TPSA) is 38.8 Å². The van der Waals surface area contributed by atoms with Gasteiger partial charge in [0.15, 0.2) is 0 Å². The zero-order valence-electron chi connectivity index (χ0n) is 15.4. The number of ether oxygens (including phenoxy) is 2. The quantitative estimate of drug-likeness (QED) is 0.670. The number of carbonyl (C=O) groups excluding carboxylic acids is 1. The summed E-state index contributed by atoms with van der Waals surface area (Å²) in [4.78, 5) is 14.7. The Balaban J connectivity index is 1.60. The molecule has 3 rings (SSSR count). The van der Waals surface area contributed by atoms with Crippen LogP contribution in [-0.2, 0) is 20.8 Å². The van der Waals surface area contributed by atoms with E-state index in [2.05, 4.69) is 0 Å². The van der Waals surface area contributed by atoms with Crippen molar-refractivity contribution < 1.29 is 14.3 Å². The van der Waals surface area contributed by atoms with Gasteiger partial charge >= 0.3 is 0 Å². The molecule has 2 aromatic carbocycles. The summed E-state index contributed by atoms with van der Waals surface area (Å²) in [7, 11) is 0. The van der Waals surface area contributed by atoms with Crippen LogP contribution in [0, 0.1) is 6.92 Å². The molecule has 0 spiro atoms. The van der Waals surface area contributed by atoms with Crippen molar-refractivity contribution in [2.45, 2.75) is 38.8 Å². The summed E-state index contributed by atoms with van der Waals surface area (Å²) >= 11 is 0. The Labute approximate surface area is 155 Å². The first-order valence-corrected chi connectivity index (χ1v) is 9.32. The van der Waals surface area contributed by atoms with Crippen LogP contribution in [-0.4, -0.2) is 31.8 Å². The van der Waals surface area contributed by atoms with E-state index in [-0.39, 0.29) is 12.0 Å². The maximum absolute atomic E-state index is 12.8. The van der Waals surface area contributed by atoms with Gasteiger partial charge in [0.2, 0.25) is 5.91 Å². The first-order chi connectivity index (χ1) is 12.7. The van der Waals surface area contributed by atoms with Gasteiger partial charge in [0.25, 0.3) is 0 Å². The van der Waals surface area contributed by atoms with Crippen LogP contribution in [0.1, 0.15) is 30.4 Å². The molecule has 2 aromatic rings. The number of amides is 1. The highest BCUT2D eigenvalue weighted by atomic mass is 16.5. The lowest BCUT2D eigenvalue weighted by atomic mass is 10.1. The number of hydrogen-bond donors (Lipinski definition) is 0. The van der Waals surface area contributed by atoms with Crippen molar-refractivity contribution >= 4 is 11.6 Å². The van der Waals surface area contributed by atoms with Crippen molar-refractivity contribution in [2.24, 2.45) is 0 Å². The van der Waals surface area contributed by atoms with Gasteiger partial charge in [-0.25, -0.2) is 0 Å². The largest absolute Gasteiger partial charge is 0.378 e. The third-order valence-electron chi connectivity index (χ3n) is 4.62. The van der Waals surface area contributed by atoms with Gasteiger partial charge in [-0.3, -0.25) is 4.79 Å². The van der Waals surface area contributed by atoms with Crippen LogP contribution in [0.3, 0.4) is 0 Å². The molecule has 1 amide bonds. The Hall–Kier alpha value is -2.17. The predicted octanol–water partition coefficient (Wildman–Crippen LogP) is 4.11. The van der Waals surface area contributed by atoms with Gasteiger partial charge in [-0.2, -0.15) is 0 Å².